The van der Waals surface area contributed by atoms with E-state index in [-0.39, 0.29) is 28.9 Å². The van der Waals surface area contributed by atoms with E-state index in [0.29, 0.717) is 12.3 Å². The summed E-state index contributed by atoms with van der Waals surface area (Å²) in [5.41, 5.74) is 2.48. The van der Waals surface area contributed by atoms with Crippen molar-refractivity contribution < 1.29 is 17.9 Å². The number of carbonyl (C=O) groups excluding carboxylic acids is 1. The molecule has 0 bridgehead atoms. The number of nitrogens with zero attached hydrogens (tertiary/aromatic N) is 1. The quantitative estimate of drug-likeness (QED) is 0.519. The van der Waals surface area contributed by atoms with E-state index in [1.807, 2.05) is 60.7 Å². The first kappa shape index (κ1) is 23.5. The zero-order valence-corrected chi connectivity index (χ0v) is 19.3. The molecule has 1 N–H and O–H groups in total. The van der Waals surface area contributed by atoms with E-state index in [1.54, 1.807) is 19.1 Å². The Kier molecular flexibility index (Phi) is 7.66. The lowest BCUT2D eigenvalue weighted by Gasteiger charge is -2.19. The number of nitrogens with one attached hydrogen (secondary N) is 1. The van der Waals surface area contributed by atoms with Gasteiger partial charge in [-0.15, -0.1) is 0 Å². The predicted molar refractivity (Wildman–Crippen MR) is 126 cm³/mol. The van der Waals surface area contributed by atoms with Crippen LogP contribution in [0.4, 0.5) is 5.69 Å². The number of hydrogen-bond donors (Lipinski definition) is 1. The maximum atomic E-state index is 13.0. The van der Waals surface area contributed by atoms with Crippen LogP contribution in [-0.2, 0) is 14.8 Å². The van der Waals surface area contributed by atoms with Crippen molar-refractivity contribution in [2.75, 3.05) is 26.0 Å². The topological polar surface area (TPSA) is 75.7 Å². The second-order valence-electron chi connectivity index (χ2n) is 7.51. The van der Waals surface area contributed by atoms with Crippen LogP contribution in [-0.4, -0.2) is 39.3 Å². The first-order valence-electron chi connectivity index (χ1n) is 10.4. The standard InChI is InChI=1S/C25H28N2O4S/c1-4-31-23-16-15-21(17-24(23)32(29,30)27(2)3)26-25(28)18-22(19-11-7-5-8-12-19)20-13-9-6-10-14-20/h5-17,22H,4,18H2,1-3H3,(H,26,28). The van der Waals surface area contributed by atoms with E-state index in [1.165, 1.54) is 20.2 Å². The second-order valence-corrected chi connectivity index (χ2v) is 9.63. The Labute approximate surface area is 189 Å². The van der Waals surface area contributed by atoms with Gasteiger partial charge in [0, 0.05) is 32.1 Å². The van der Waals surface area contributed by atoms with Gasteiger partial charge in [-0.3, -0.25) is 4.79 Å². The first-order chi connectivity index (χ1) is 15.3. The Hall–Kier alpha value is -3.16. The summed E-state index contributed by atoms with van der Waals surface area (Å²) in [6, 6.07) is 24.4. The van der Waals surface area contributed by atoms with Crippen LogP contribution in [0.5, 0.6) is 5.75 Å². The van der Waals surface area contributed by atoms with Gasteiger partial charge < -0.3 is 10.1 Å². The highest BCUT2D eigenvalue weighted by Gasteiger charge is 2.24. The van der Waals surface area contributed by atoms with Gasteiger partial charge in [-0.1, -0.05) is 60.7 Å². The molecule has 0 unspecified atom stereocenters. The fourth-order valence-electron chi connectivity index (χ4n) is 3.46. The van der Waals surface area contributed by atoms with Crippen LogP contribution in [0.15, 0.2) is 83.8 Å². The smallest absolute Gasteiger partial charge is 0.246 e. The molecule has 168 valence electrons. The van der Waals surface area contributed by atoms with Gasteiger partial charge in [0.15, 0.2) is 0 Å². The minimum Gasteiger partial charge on any atom is -0.492 e. The van der Waals surface area contributed by atoms with Crippen LogP contribution in [0, 0.1) is 0 Å². The van der Waals surface area contributed by atoms with Crippen molar-refractivity contribution in [3.05, 3.63) is 90.0 Å². The summed E-state index contributed by atoms with van der Waals surface area (Å²) in [5, 5.41) is 2.86. The molecule has 0 atom stereocenters. The molecule has 32 heavy (non-hydrogen) atoms. The van der Waals surface area contributed by atoms with E-state index in [9.17, 15) is 13.2 Å². The number of ether oxygens (including phenoxy) is 1. The summed E-state index contributed by atoms with van der Waals surface area (Å²) < 4.78 is 32.1. The summed E-state index contributed by atoms with van der Waals surface area (Å²) in [6.07, 6.45) is 0.219. The molecule has 0 aliphatic rings. The molecule has 7 heteroatoms. The van der Waals surface area contributed by atoms with E-state index in [0.717, 1.165) is 15.4 Å². The van der Waals surface area contributed by atoms with Gasteiger partial charge in [-0.05, 0) is 36.2 Å². The van der Waals surface area contributed by atoms with Gasteiger partial charge in [-0.25, -0.2) is 12.7 Å². The maximum absolute atomic E-state index is 13.0. The highest BCUT2D eigenvalue weighted by atomic mass is 32.2. The molecule has 3 aromatic carbocycles. The molecule has 0 aliphatic heterocycles. The minimum absolute atomic E-state index is 0.0184. The SMILES string of the molecule is CCOc1ccc(NC(=O)CC(c2ccccc2)c2ccccc2)cc1S(=O)(=O)N(C)C. The van der Waals surface area contributed by atoms with Crippen LogP contribution in [0.1, 0.15) is 30.4 Å². The maximum Gasteiger partial charge on any atom is 0.246 e. The van der Waals surface area contributed by atoms with Crippen molar-refractivity contribution in [2.45, 2.75) is 24.2 Å². The molecular formula is C25H28N2O4S. The molecule has 0 heterocycles. The Bertz CT molecular complexity index is 1110. The molecule has 0 saturated carbocycles. The van der Waals surface area contributed by atoms with Crippen molar-refractivity contribution in [1.82, 2.24) is 4.31 Å². The zero-order valence-electron chi connectivity index (χ0n) is 18.5. The van der Waals surface area contributed by atoms with Gasteiger partial charge in [0.2, 0.25) is 15.9 Å². The van der Waals surface area contributed by atoms with E-state index < -0.39 is 10.0 Å². The van der Waals surface area contributed by atoms with Gasteiger partial charge in [0.25, 0.3) is 0 Å². The molecule has 1 amide bonds. The third-order valence-corrected chi connectivity index (χ3v) is 6.92. The number of benzene rings is 3. The van der Waals surface area contributed by atoms with Gasteiger partial charge in [0.05, 0.1) is 6.61 Å². The lowest BCUT2D eigenvalue weighted by molar-refractivity contribution is -0.116. The summed E-state index contributed by atoms with van der Waals surface area (Å²) in [5.74, 6) is -0.0733. The van der Waals surface area contributed by atoms with E-state index in [4.69, 9.17) is 4.74 Å². The average molecular weight is 453 g/mol. The van der Waals surface area contributed by atoms with Gasteiger partial charge >= 0.3 is 0 Å². The van der Waals surface area contributed by atoms with E-state index in [2.05, 4.69) is 5.32 Å². The molecule has 0 aliphatic carbocycles. The van der Waals surface area contributed by atoms with Crippen molar-refractivity contribution in [3.63, 3.8) is 0 Å². The lowest BCUT2D eigenvalue weighted by Crippen LogP contribution is -2.23. The molecule has 0 aromatic heterocycles. The molecule has 3 aromatic rings. The van der Waals surface area contributed by atoms with Crippen LogP contribution < -0.4 is 10.1 Å². The van der Waals surface area contributed by atoms with Crippen LogP contribution in [0.2, 0.25) is 0 Å². The molecule has 0 saturated heterocycles. The Morgan fingerprint density at radius 3 is 2.00 bits per heavy atom. The van der Waals surface area contributed by atoms with Crippen molar-refractivity contribution >= 4 is 21.6 Å². The number of sulfonamides is 1. The Morgan fingerprint density at radius 2 is 1.50 bits per heavy atom. The molecule has 6 nitrogen and oxygen atoms in total. The fraction of sp³-hybridized carbons (Fsp3) is 0.240. The summed E-state index contributed by atoms with van der Waals surface area (Å²) in [4.78, 5) is 13.0. The molecule has 0 spiro atoms. The van der Waals surface area contributed by atoms with Crippen molar-refractivity contribution in [3.8, 4) is 5.75 Å². The van der Waals surface area contributed by atoms with Crippen LogP contribution in [0.25, 0.3) is 0 Å². The third kappa shape index (κ3) is 5.55. The second kappa shape index (κ2) is 10.4. The number of carbonyl (C=O) groups is 1. The number of anilines is 1. The summed E-state index contributed by atoms with van der Waals surface area (Å²) in [7, 11) is -0.822. The molecule has 0 radical (unpaired) electrons. The summed E-state index contributed by atoms with van der Waals surface area (Å²) >= 11 is 0. The molecular weight excluding hydrogens is 424 g/mol. The van der Waals surface area contributed by atoms with Crippen LogP contribution >= 0.6 is 0 Å². The Balaban J connectivity index is 1.87. The fourth-order valence-corrected chi connectivity index (χ4v) is 4.51. The van der Waals surface area contributed by atoms with Crippen molar-refractivity contribution in [1.29, 1.82) is 0 Å². The highest BCUT2D eigenvalue weighted by molar-refractivity contribution is 7.89. The third-order valence-electron chi connectivity index (χ3n) is 5.08. The van der Waals surface area contributed by atoms with Crippen LogP contribution in [0.3, 0.4) is 0 Å². The van der Waals surface area contributed by atoms with Gasteiger partial charge in [0.1, 0.15) is 10.6 Å². The average Bonchev–Trinajstić information content (AvgIpc) is 2.79. The Morgan fingerprint density at radius 1 is 0.938 bits per heavy atom. The lowest BCUT2D eigenvalue weighted by atomic mass is 9.88. The molecule has 3 rings (SSSR count). The predicted octanol–water partition coefficient (Wildman–Crippen LogP) is 4.50. The number of amides is 1. The molecule has 0 fully saturated rings. The van der Waals surface area contributed by atoms with Crippen molar-refractivity contribution in [2.24, 2.45) is 0 Å². The first-order valence-corrected chi connectivity index (χ1v) is 11.9. The number of hydrogen-bond acceptors (Lipinski definition) is 4. The normalized spacial score (nSPS) is 11.5. The number of rotatable bonds is 9. The van der Waals surface area contributed by atoms with E-state index >= 15 is 0 Å². The minimum atomic E-state index is -3.74. The largest absolute Gasteiger partial charge is 0.492 e. The monoisotopic (exact) mass is 452 g/mol. The van der Waals surface area contributed by atoms with Gasteiger partial charge in [-0.2, -0.15) is 0 Å². The summed E-state index contributed by atoms with van der Waals surface area (Å²) in [6.45, 7) is 2.12. The highest BCUT2D eigenvalue weighted by Crippen LogP contribution is 2.31. The zero-order chi connectivity index (χ0) is 23.1.